The SMILES string of the molecule is CCc1ccccc1N(CCNC(=O)C1CCCO1)C(C)=O. The van der Waals surface area contributed by atoms with Gasteiger partial charge in [-0.1, -0.05) is 25.1 Å². The van der Waals surface area contributed by atoms with Gasteiger partial charge in [-0.3, -0.25) is 9.59 Å². The maximum absolute atomic E-state index is 11.9. The van der Waals surface area contributed by atoms with Crippen LogP contribution in [-0.2, 0) is 20.7 Å². The topological polar surface area (TPSA) is 58.6 Å². The second-order valence-electron chi connectivity index (χ2n) is 5.45. The molecule has 0 bridgehead atoms. The summed E-state index contributed by atoms with van der Waals surface area (Å²) >= 11 is 0. The maximum Gasteiger partial charge on any atom is 0.249 e. The summed E-state index contributed by atoms with van der Waals surface area (Å²) in [6.45, 7) is 5.16. The van der Waals surface area contributed by atoms with Crippen LogP contribution in [0.1, 0.15) is 32.3 Å². The smallest absolute Gasteiger partial charge is 0.249 e. The molecule has 5 nitrogen and oxygen atoms in total. The fourth-order valence-corrected chi connectivity index (χ4v) is 2.71. The van der Waals surface area contributed by atoms with Gasteiger partial charge in [0.1, 0.15) is 6.10 Å². The summed E-state index contributed by atoms with van der Waals surface area (Å²) in [5, 5.41) is 2.86. The van der Waals surface area contributed by atoms with Gasteiger partial charge in [-0.2, -0.15) is 0 Å². The monoisotopic (exact) mass is 304 g/mol. The van der Waals surface area contributed by atoms with Gasteiger partial charge in [0.2, 0.25) is 11.8 Å². The molecule has 0 radical (unpaired) electrons. The fourth-order valence-electron chi connectivity index (χ4n) is 2.71. The molecule has 1 atom stereocenters. The molecule has 1 aromatic rings. The molecule has 22 heavy (non-hydrogen) atoms. The number of benzene rings is 1. The van der Waals surface area contributed by atoms with E-state index in [0.29, 0.717) is 19.7 Å². The molecular formula is C17H24N2O3. The minimum Gasteiger partial charge on any atom is -0.368 e. The van der Waals surface area contributed by atoms with Crippen molar-refractivity contribution in [1.29, 1.82) is 0 Å². The van der Waals surface area contributed by atoms with Gasteiger partial charge in [0.25, 0.3) is 0 Å². The molecule has 5 heteroatoms. The van der Waals surface area contributed by atoms with Gasteiger partial charge < -0.3 is 15.0 Å². The van der Waals surface area contributed by atoms with Crippen LogP contribution in [0.5, 0.6) is 0 Å². The number of ether oxygens (including phenoxy) is 1. The summed E-state index contributed by atoms with van der Waals surface area (Å²) in [5.74, 6) is -0.1000. The summed E-state index contributed by atoms with van der Waals surface area (Å²) in [6, 6.07) is 7.87. The number of carbonyl (C=O) groups excluding carboxylic acids is 2. The summed E-state index contributed by atoms with van der Waals surface area (Å²) in [6.07, 6.45) is 2.25. The number of anilines is 1. The predicted octanol–water partition coefficient (Wildman–Crippen LogP) is 1.90. The number of nitrogens with zero attached hydrogens (tertiary/aromatic N) is 1. The van der Waals surface area contributed by atoms with Gasteiger partial charge >= 0.3 is 0 Å². The summed E-state index contributed by atoms with van der Waals surface area (Å²) in [4.78, 5) is 25.6. The Labute approximate surface area is 131 Å². The average molecular weight is 304 g/mol. The van der Waals surface area contributed by atoms with Crippen molar-refractivity contribution in [2.75, 3.05) is 24.6 Å². The predicted molar refractivity (Wildman–Crippen MR) is 85.8 cm³/mol. The quantitative estimate of drug-likeness (QED) is 0.873. The Bertz CT molecular complexity index is 524. The van der Waals surface area contributed by atoms with Crippen molar-refractivity contribution in [2.45, 2.75) is 39.2 Å². The van der Waals surface area contributed by atoms with Crippen molar-refractivity contribution in [3.05, 3.63) is 29.8 Å². The standard InChI is InChI=1S/C17H24N2O3/c1-3-14-7-4-5-8-15(14)19(13(2)20)11-10-18-17(21)16-9-6-12-22-16/h4-5,7-8,16H,3,6,9-12H2,1-2H3,(H,18,21). The molecule has 1 fully saturated rings. The highest BCUT2D eigenvalue weighted by molar-refractivity contribution is 5.92. The first kappa shape index (κ1) is 16.5. The number of para-hydroxylation sites is 1. The van der Waals surface area contributed by atoms with Gasteiger partial charge in [0.15, 0.2) is 0 Å². The highest BCUT2D eigenvalue weighted by atomic mass is 16.5. The van der Waals surface area contributed by atoms with Crippen LogP contribution in [0, 0.1) is 0 Å². The van der Waals surface area contributed by atoms with Crippen LogP contribution in [0.2, 0.25) is 0 Å². The van der Waals surface area contributed by atoms with Gasteiger partial charge in [-0.05, 0) is 30.9 Å². The third-order valence-electron chi connectivity index (χ3n) is 3.90. The Morgan fingerprint density at radius 2 is 2.14 bits per heavy atom. The maximum atomic E-state index is 11.9. The Balaban J connectivity index is 1.94. The van der Waals surface area contributed by atoms with Crippen LogP contribution >= 0.6 is 0 Å². The van der Waals surface area contributed by atoms with Crippen LogP contribution in [0.25, 0.3) is 0 Å². The van der Waals surface area contributed by atoms with Crippen molar-refractivity contribution in [1.82, 2.24) is 5.32 Å². The molecule has 0 spiro atoms. The van der Waals surface area contributed by atoms with Gasteiger partial charge in [-0.25, -0.2) is 0 Å². The van der Waals surface area contributed by atoms with Crippen LogP contribution in [0.15, 0.2) is 24.3 Å². The van der Waals surface area contributed by atoms with E-state index in [-0.39, 0.29) is 17.9 Å². The van der Waals surface area contributed by atoms with Gasteiger partial charge in [-0.15, -0.1) is 0 Å². The zero-order chi connectivity index (χ0) is 15.9. The molecule has 0 saturated carbocycles. The van der Waals surface area contributed by atoms with Crippen molar-refractivity contribution < 1.29 is 14.3 Å². The van der Waals surface area contributed by atoms with E-state index >= 15 is 0 Å². The normalized spacial score (nSPS) is 17.3. The molecule has 2 amide bonds. The zero-order valence-electron chi connectivity index (χ0n) is 13.3. The minimum atomic E-state index is -0.325. The molecule has 2 rings (SSSR count). The van der Waals surface area contributed by atoms with Crippen LogP contribution in [-0.4, -0.2) is 37.6 Å². The van der Waals surface area contributed by atoms with E-state index < -0.39 is 0 Å². The largest absolute Gasteiger partial charge is 0.368 e. The molecule has 1 aliphatic rings. The Kier molecular flexibility index (Phi) is 5.95. The Hall–Kier alpha value is -1.88. The molecule has 1 N–H and O–H groups in total. The lowest BCUT2D eigenvalue weighted by Crippen LogP contribution is -2.41. The van der Waals surface area contributed by atoms with Crippen molar-refractivity contribution >= 4 is 17.5 Å². The highest BCUT2D eigenvalue weighted by Crippen LogP contribution is 2.20. The second-order valence-corrected chi connectivity index (χ2v) is 5.45. The molecule has 120 valence electrons. The van der Waals surface area contributed by atoms with E-state index in [9.17, 15) is 9.59 Å². The molecule has 0 aromatic heterocycles. The minimum absolute atomic E-state index is 0.0211. The number of amides is 2. The van der Waals surface area contributed by atoms with Crippen molar-refractivity contribution in [3.63, 3.8) is 0 Å². The number of rotatable bonds is 6. The van der Waals surface area contributed by atoms with E-state index in [1.807, 2.05) is 24.3 Å². The number of nitrogens with one attached hydrogen (secondary N) is 1. The van der Waals surface area contributed by atoms with E-state index in [2.05, 4.69) is 12.2 Å². The first-order valence-corrected chi connectivity index (χ1v) is 7.88. The van der Waals surface area contributed by atoms with Crippen molar-refractivity contribution in [2.24, 2.45) is 0 Å². The highest BCUT2D eigenvalue weighted by Gasteiger charge is 2.23. The van der Waals surface area contributed by atoms with E-state index in [4.69, 9.17) is 4.74 Å². The molecule has 1 unspecified atom stereocenters. The molecule has 1 aromatic carbocycles. The second kappa shape index (κ2) is 7.94. The average Bonchev–Trinajstić information content (AvgIpc) is 3.05. The molecule has 1 aliphatic heterocycles. The molecule has 1 heterocycles. The molecular weight excluding hydrogens is 280 g/mol. The van der Waals surface area contributed by atoms with Crippen molar-refractivity contribution in [3.8, 4) is 0 Å². The Morgan fingerprint density at radius 3 is 2.77 bits per heavy atom. The van der Waals surface area contributed by atoms with Gasteiger partial charge in [0, 0.05) is 32.3 Å². The number of hydrogen-bond donors (Lipinski definition) is 1. The van der Waals surface area contributed by atoms with E-state index in [1.54, 1.807) is 11.8 Å². The fraction of sp³-hybridized carbons (Fsp3) is 0.529. The van der Waals surface area contributed by atoms with Gasteiger partial charge in [0.05, 0.1) is 0 Å². The lowest BCUT2D eigenvalue weighted by Gasteiger charge is -2.24. The zero-order valence-corrected chi connectivity index (χ0v) is 13.3. The lowest BCUT2D eigenvalue weighted by atomic mass is 10.1. The lowest BCUT2D eigenvalue weighted by molar-refractivity contribution is -0.130. The summed E-state index contributed by atoms with van der Waals surface area (Å²) < 4.78 is 5.35. The third kappa shape index (κ3) is 4.07. The van der Waals surface area contributed by atoms with E-state index in [0.717, 1.165) is 30.5 Å². The third-order valence-corrected chi connectivity index (χ3v) is 3.90. The Morgan fingerprint density at radius 1 is 1.36 bits per heavy atom. The first-order chi connectivity index (χ1) is 10.6. The number of hydrogen-bond acceptors (Lipinski definition) is 3. The van der Waals surface area contributed by atoms with Crippen LogP contribution in [0.4, 0.5) is 5.69 Å². The summed E-state index contributed by atoms with van der Waals surface area (Å²) in [7, 11) is 0. The first-order valence-electron chi connectivity index (χ1n) is 7.88. The number of carbonyl (C=O) groups is 2. The van der Waals surface area contributed by atoms with E-state index in [1.165, 1.54) is 0 Å². The summed E-state index contributed by atoms with van der Waals surface area (Å²) in [5.41, 5.74) is 2.05. The molecule has 1 saturated heterocycles. The molecule has 0 aliphatic carbocycles. The van der Waals surface area contributed by atoms with Crippen LogP contribution in [0.3, 0.4) is 0 Å². The van der Waals surface area contributed by atoms with Crippen LogP contribution < -0.4 is 10.2 Å². The number of aryl methyl sites for hydroxylation is 1.